The average Bonchev–Trinajstić information content (AvgIpc) is 3.11. The Balaban J connectivity index is 1.25. The van der Waals surface area contributed by atoms with E-state index in [9.17, 15) is 0 Å². The first-order chi connectivity index (χ1) is 16.1. The monoisotopic (exact) mass is 462 g/mol. The van der Waals surface area contributed by atoms with Crippen LogP contribution in [0.2, 0.25) is 0 Å². The Morgan fingerprint density at radius 3 is 2.61 bits per heavy atom. The number of anilines is 1. The molecule has 0 saturated heterocycles. The smallest absolute Gasteiger partial charge is 0.199 e. The fraction of sp³-hybridized carbons (Fsp3) is 0.481. The highest BCUT2D eigenvalue weighted by Crippen LogP contribution is 2.33. The van der Waals surface area contributed by atoms with Crippen LogP contribution in [-0.4, -0.2) is 20.9 Å². The first-order valence-corrected chi connectivity index (χ1v) is 12.7. The normalized spacial score (nSPS) is 16.6. The van der Waals surface area contributed by atoms with Gasteiger partial charge in [0.2, 0.25) is 0 Å². The maximum atomic E-state index is 6.09. The Hall–Kier alpha value is -2.60. The minimum absolute atomic E-state index is 0.408. The third kappa shape index (κ3) is 4.86. The summed E-state index contributed by atoms with van der Waals surface area (Å²) in [6, 6.07) is 15.4. The molecule has 0 spiro atoms. The molecule has 2 heterocycles. The van der Waals surface area contributed by atoms with Crippen LogP contribution in [0, 0.1) is 11.7 Å². The molecule has 0 radical (unpaired) electrons. The van der Waals surface area contributed by atoms with Gasteiger partial charge in [0.1, 0.15) is 19.0 Å². The van der Waals surface area contributed by atoms with Gasteiger partial charge in [-0.2, -0.15) is 5.10 Å². The highest BCUT2D eigenvalue weighted by molar-refractivity contribution is 7.71. The summed E-state index contributed by atoms with van der Waals surface area (Å²) in [6.45, 7) is 4.25. The van der Waals surface area contributed by atoms with E-state index < -0.39 is 0 Å². The number of fused-ring (bicyclic) bond motifs is 1. The molecule has 174 valence electrons. The van der Waals surface area contributed by atoms with Crippen molar-refractivity contribution in [2.75, 3.05) is 11.4 Å². The van der Waals surface area contributed by atoms with Crippen LogP contribution in [0.4, 0.5) is 5.69 Å². The topological polar surface area (TPSA) is 35.2 Å². The Morgan fingerprint density at radius 1 is 1.03 bits per heavy atom. The van der Waals surface area contributed by atoms with Crippen LogP contribution < -0.4 is 9.64 Å². The second-order valence-corrected chi connectivity index (χ2v) is 9.96. The van der Waals surface area contributed by atoms with Crippen molar-refractivity contribution >= 4 is 17.9 Å². The number of aromatic nitrogens is 3. The van der Waals surface area contributed by atoms with Gasteiger partial charge >= 0.3 is 0 Å². The molecule has 1 saturated carbocycles. The van der Waals surface area contributed by atoms with Crippen molar-refractivity contribution in [1.29, 1.82) is 0 Å². The van der Waals surface area contributed by atoms with Crippen LogP contribution in [0.15, 0.2) is 42.5 Å². The van der Waals surface area contributed by atoms with E-state index >= 15 is 0 Å². The molecular weight excluding hydrogens is 428 g/mol. The molecule has 2 aliphatic rings. The van der Waals surface area contributed by atoms with Crippen LogP contribution >= 0.6 is 12.2 Å². The molecule has 0 amide bonds. The zero-order valence-electron chi connectivity index (χ0n) is 19.8. The lowest BCUT2D eigenvalue weighted by molar-refractivity contribution is 0.290. The van der Waals surface area contributed by atoms with Gasteiger partial charge < -0.3 is 14.2 Å². The van der Waals surface area contributed by atoms with Gasteiger partial charge in [-0.25, -0.2) is 4.68 Å². The number of rotatable bonds is 6. The zero-order valence-corrected chi connectivity index (χ0v) is 20.6. The first-order valence-electron chi connectivity index (χ1n) is 12.3. The van der Waals surface area contributed by atoms with Gasteiger partial charge in [-0.15, -0.1) is 0 Å². The molecular formula is C27H34N4OS. The van der Waals surface area contributed by atoms with Gasteiger partial charge in [0.05, 0.1) is 0 Å². The van der Waals surface area contributed by atoms with Crippen molar-refractivity contribution in [2.45, 2.75) is 71.1 Å². The molecule has 0 atom stereocenters. The van der Waals surface area contributed by atoms with Crippen molar-refractivity contribution in [1.82, 2.24) is 14.3 Å². The van der Waals surface area contributed by atoms with Crippen molar-refractivity contribution in [3.8, 4) is 5.75 Å². The molecule has 1 fully saturated rings. The molecule has 1 aliphatic heterocycles. The Kier molecular flexibility index (Phi) is 6.54. The van der Waals surface area contributed by atoms with Gasteiger partial charge in [0.25, 0.3) is 0 Å². The standard InChI is InChI=1S/C27H34N4OS/c1-20-10-15-25-23(17-20)9-6-16-30(25)19-31-27(33)29(2)26(28-31)18-32-24-13-11-22(12-14-24)21-7-4-3-5-8-21/h10-15,17,21H,3-9,16,18-19H2,1-2H3. The molecule has 2 aromatic carbocycles. The Bertz CT molecular complexity index is 1160. The van der Waals surface area contributed by atoms with E-state index in [1.54, 1.807) is 0 Å². The summed E-state index contributed by atoms with van der Waals surface area (Å²) in [6.07, 6.45) is 9.02. The second-order valence-electron chi connectivity index (χ2n) is 9.59. The van der Waals surface area contributed by atoms with Crippen molar-refractivity contribution in [2.24, 2.45) is 7.05 Å². The largest absolute Gasteiger partial charge is 0.486 e. The SMILES string of the molecule is Cc1ccc2c(c1)CCCN2Cn1nc(COc2ccc(C3CCCCC3)cc2)n(C)c1=S. The van der Waals surface area contributed by atoms with E-state index in [1.807, 2.05) is 16.3 Å². The van der Waals surface area contributed by atoms with E-state index in [1.165, 1.54) is 54.5 Å². The average molecular weight is 463 g/mol. The lowest BCUT2D eigenvalue weighted by atomic mass is 9.84. The summed E-state index contributed by atoms with van der Waals surface area (Å²) in [7, 11) is 1.98. The molecule has 6 heteroatoms. The quantitative estimate of drug-likeness (QED) is 0.403. The number of ether oxygens (including phenoxy) is 1. The van der Waals surface area contributed by atoms with E-state index in [2.05, 4.69) is 54.3 Å². The summed E-state index contributed by atoms with van der Waals surface area (Å²) in [4.78, 5) is 2.38. The summed E-state index contributed by atoms with van der Waals surface area (Å²) >= 11 is 5.70. The molecule has 1 aromatic heterocycles. The molecule has 0 N–H and O–H groups in total. The number of nitrogens with zero attached hydrogens (tertiary/aromatic N) is 4. The van der Waals surface area contributed by atoms with Crippen LogP contribution in [0.1, 0.15) is 67.0 Å². The second kappa shape index (κ2) is 9.72. The molecule has 5 rings (SSSR count). The highest BCUT2D eigenvalue weighted by atomic mass is 32.1. The van der Waals surface area contributed by atoms with Crippen LogP contribution in [0.3, 0.4) is 0 Å². The first kappa shape index (κ1) is 22.2. The number of hydrogen-bond donors (Lipinski definition) is 0. The van der Waals surface area contributed by atoms with E-state index in [0.29, 0.717) is 19.2 Å². The highest BCUT2D eigenvalue weighted by Gasteiger charge is 2.19. The summed E-state index contributed by atoms with van der Waals surface area (Å²) in [5.74, 6) is 2.45. The number of benzene rings is 2. The predicted molar refractivity (Wildman–Crippen MR) is 135 cm³/mol. The number of hydrogen-bond acceptors (Lipinski definition) is 4. The third-order valence-corrected chi connectivity index (χ3v) is 7.69. The fourth-order valence-corrected chi connectivity index (χ4v) is 5.49. The lowest BCUT2D eigenvalue weighted by Crippen LogP contribution is -2.32. The van der Waals surface area contributed by atoms with E-state index in [-0.39, 0.29) is 0 Å². The molecule has 0 unspecified atom stereocenters. The van der Waals surface area contributed by atoms with E-state index in [0.717, 1.165) is 35.7 Å². The van der Waals surface area contributed by atoms with Crippen molar-refractivity contribution in [3.63, 3.8) is 0 Å². The fourth-order valence-electron chi connectivity index (χ4n) is 5.28. The van der Waals surface area contributed by atoms with Gasteiger partial charge in [0.15, 0.2) is 10.6 Å². The van der Waals surface area contributed by atoms with Crippen LogP contribution in [-0.2, 0) is 26.7 Å². The van der Waals surface area contributed by atoms with Gasteiger partial charge in [-0.3, -0.25) is 0 Å². The minimum atomic E-state index is 0.408. The molecule has 5 nitrogen and oxygen atoms in total. The molecule has 33 heavy (non-hydrogen) atoms. The molecule has 1 aliphatic carbocycles. The van der Waals surface area contributed by atoms with E-state index in [4.69, 9.17) is 22.1 Å². The summed E-state index contributed by atoms with van der Waals surface area (Å²) in [5.41, 5.74) is 5.48. The summed E-state index contributed by atoms with van der Waals surface area (Å²) < 4.78 is 10.7. The van der Waals surface area contributed by atoms with Gasteiger partial charge in [-0.05, 0) is 80.1 Å². The summed E-state index contributed by atoms with van der Waals surface area (Å²) in [5, 5.41) is 4.81. The Morgan fingerprint density at radius 2 is 1.82 bits per heavy atom. The Labute approximate surface area is 202 Å². The third-order valence-electron chi connectivity index (χ3n) is 7.21. The van der Waals surface area contributed by atoms with Crippen molar-refractivity contribution < 1.29 is 4.74 Å². The molecule has 3 aromatic rings. The predicted octanol–water partition coefficient (Wildman–Crippen LogP) is 6.30. The minimum Gasteiger partial charge on any atom is -0.486 e. The molecule has 0 bridgehead atoms. The number of aryl methyl sites for hydroxylation is 2. The lowest BCUT2D eigenvalue weighted by Gasteiger charge is -2.31. The van der Waals surface area contributed by atoms with Crippen LogP contribution in [0.5, 0.6) is 5.75 Å². The van der Waals surface area contributed by atoms with Crippen molar-refractivity contribution in [3.05, 3.63) is 69.8 Å². The maximum Gasteiger partial charge on any atom is 0.199 e. The van der Waals surface area contributed by atoms with Gasteiger partial charge in [-0.1, -0.05) is 49.1 Å². The maximum absolute atomic E-state index is 6.09. The van der Waals surface area contributed by atoms with Gasteiger partial charge in [0, 0.05) is 19.3 Å². The van der Waals surface area contributed by atoms with Crippen LogP contribution in [0.25, 0.3) is 0 Å². The zero-order chi connectivity index (χ0) is 22.8.